The largest absolute Gasteiger partial charge is 0.314 e. The Labute approximate surface area is 160 Å². The zero-order valence-electron chi connectivity index (χ0n) is 15.1. The van der Waals surface area contributed by atoms with Gasteiger partial charge in [-0.3, -0.25) is 10.1 Å². The number of nitrogens with one attached hydrogen (secondary N) is 1. The van der Waals surface area contributed by atoms with E-state index in [2.05, 4.69) is 5.32 Å². The minimum atomic E-state index is -3.71. The van der Waals surface area contributed by atoms with Gasteiger partial charge in [0.05, 0.1) is 9.82 Å². The van der Waals surface area contributed by atoms with Crippen molar-refractivity contribution in [3.8, 4) is 0 Å². The third-order valence-electron chi connectivity index (χ3n) is 5.15. The van der Waals surface area contributed by atoms with E-state index in [1.54, 1.807) is 19.9 Å². The van der Waals surface area contributed by atoms with Crippen LogP contribution < -0.4 is 5.32 Å². The Bertz CT molecular complexity index is 772. The summed E-state index contributed by atoms with van der Waals surface area (Å²) in [5.74, 6) is 0.803. The summed E-state index contributed by atoms with van der Waals surface area (Å²) in [5.41, 5.74) is 0.881. The van der Waals surface area contributed by atoms with Gasteiger partial charge in [0, 0.05) is 30.8 Å². The molecule has 2 fully saturated rings. The molecule has 0 spiro atoms. The molecule has 0 atom stereocenters. The molecule has 0 bridgehead atoms. The Hall–Kier alpha value is -1.22. The molecule has 1 heterocycles. The standard InChI is InChI=1S/C17H25N3O4S.ClH/c1-12-9-13(2)17(10-16(12)20(21)22)25(23,24)19-7-5-15(6-8-19)18-11-14-3-4-14;/h9-10,14-15,18H,3-8,11H2,1-2H3;1H. The number of benzene rings is 1. The molecular weight excluding hydrogens is 378 g/mol. The molecule has 146 valence electrons. The lowest BCUT2D eigenvalue weighted by atomic mass is 10.1. The first-order chi connectivity index (χ1) is 11.8. The second-order valence-corrected chi connectivity index (χ2v) is 9.10. The van der Waals surface area contributed by atoms with Gasteiger partial charge in [-0.1, -0.05) is 0 Å². The van der Waals surface area contributed by atoms with E-state index in [1.165, 1.54) is 23.2 Å². The molecule has 2 aliphatic rings. The van der Waals surface area contributed by atoms with Crippen LogP contribution in [0.4, 0.5) is 5.69 Å². The first-order valence-corrected chi connectivity index (χ1v) is 10.2. The predicted molar refractivity (Wildman–Crippen MR) is 102 cm³/mol. The lowest BCUT2D eigenvalue weighted by Crippen LogP contribution is -2.45. The minimum absolute atomic E-state index is 0. The lowest BCUT2D eigenvalue weighted by molar-refractivity contribution is -0.385. The minimum Gasteiger partial charge on any atom is -0.314 e. The van der Waals surface area contributed by atoms with Crippen molar-refractivity contribution in [2.45, 2.75) is 50.5 Å². The molecule has 1 aliphatic carbocycles. The Morgan fingerprint density at radius 2 is 1.77 bits per heavy atom. The van der Waals surface area contributed by atoms with Crippen LogP contribution in [0.2, 0.25) is 0 Å². The molecule has 0 aromatic heterocycles. The van der Waals surface area contributed by atoms with Crippen LogP contribution in [0, 0.1) is 29.9 Å². The molecule has 3 rings (SSSR count). The number of rotatable bonds is 6. The summed E-state index contributed by atoms with van der Waals surface area (Å²) in [6.07, 6.45) is 4.15. The topological polar surface area (TPSA) is 92.6 Å². The molecule has 1 saturated heterocycles. The fourth-order valence-corrected chi connectivity index (χ4v) is 5.09. The highest BCUT2D eigenvalue weighted by Gasteiger charge is 2.32. The third kappa shape index (κ3) is 4.54. The second-order valence-electron chi connectivity index (χ2n) is 7.19. The third-order valence-corrected chi connectivity index (χ3v) is 7.19. The van der Waals surface area contributed by atoms with Crippen molar-refractivity contribution in [3.05, 3.63) is 33.4 Å². The van der Waals surface area contributed by atoms with Crippen LogP contribution in [0.3, 0.4) is 0 Å². The number of nitro groups is 1. The number of nitrogens with zero attached hydrogens (tertiary/aromatic N) is 2. The summed E-state index contributed by atoms with van der Waals surface area (Å²) in [6.45, 7) is 5.24. The molecule has 0 radical (unpaired) electrons. The van der Waals surface area contributed by atoms with Gasteiger partial charge in [-0.15, -0.1) is 12.4 Å². The SMILES string of the molecule is Cc1cc(C)c(S(=O)(=O)N2CCC(NCC3CC3)CC2)cc1[N+](=O)[O-].Cl. The monoisotopic (exact) mass is 403 g/mol. The van der Waals surface area contributed by atoms with Gasteiger partial charge >= 0.3 is 0 Å². The molecule has 9 heteroatoms. The molecule has 0 unspecified atom stereocenters. The quantitative estimate of drug-likeness (QED) is 0.582. The van der Waals surface area contributed by atoms with Gasteiger partial charge < -0.3 is 5.32 Å². The van der Waals surface area contributed by atoms with Crippen molar-refractivity contribution in [3.63, 3.8) is 0 Å². The number of hydrogen-bond donors (Lipinski definition) is 1. The highest BCUT2D eigenvalue weighted by atomic mass is 35.5. The fraction of sp³-hybridized carbons (Fsp3) is 0.647. The maximum atomic E-state index is 13.0. The van der Waals surface area contributed by atoms with Crippen LogP contribution in [0.25, 0.3) is 0 Å². The van der Waals surface area contributed by atoms with Crippen LogP contribution >= 0.6 is 12.4 Å². The Kier molecular flexibility index (Phi) is 6.65. The van der Waals surface area contributed by atoms with E-state index in [1.807, 2.05) is 0 Å². The van der Waals surface area contributed by atoms with E-state index < -0.39 is 14.9 Å². The van der Waals surface area contributed by atoms with Crippen molar-refractivity contribution in [1.29, 1.82) is 0 Å². The highest BCUT2D eigenvalue weighted by Crippen LogP contribution is 2.30. The van der Waals surface area contributed by atoms with Crippen molar-refractivity contribution < 1.29 is 13.3 Å². The Morgan fingerprint density at radius 3 is 2.31 bits per heavy atom. The summed E-state index contributed by atoms with van der Waals surface area (Å²) >= 11 is 0. The second kappa shape index (κ2) is 8.21. The van der Waals surface area contributed by atoms with Crippen LogP contribution in [-0.4, -0.2) is 43.3 Å². The highest BCUT2D eigenvalue weighted by molar-refractivity contribution is 7.89. The van der Waals surface area contributed by atoms with Gasteiger partial charge in [0.2, 0.25) is 10.0 Å². The van der Waals surface area contributed by atoms with E-state index in [0.717, 1.165) is 25.3 Å². The first kappa shape index (κ1) is 21.1. The number of nitro benzene ring substituents is 1. The van der Waals surface area contributed by atoms with Gasteiger partial charge in [0.1, 0.15) is 0 Å². The summed E-state index contributed by atoms with van der Waals surface area (Å²) < 4.78 is 27.4. The van der Waals surface area contributed by atoms with Crippen molar-refractivity contribution in [2.75, 3.05) is 19.6 Å². The Morgan fingerprint density at radius 1 is 1.15 bits per heavy atom. The first-order valence-electron chi connectivity index (χ1n) is 8.78. The number of halogens is 1. The molecule has 7 nitrogen and oxygen atoms in total. The number of hydrogen-bond acceptors (Lipinski definition) is 5. The maximum absolute atomic E-state index is 13.0. The van der Waals surface area contributed by atoms with Gasteiger partial charge in [-0.2, -0.15) is 4.31 Å². The van der Waals surface area contributed by atoms with Crippen LogP contribution in [0.15, 0.2) is 17.0 Å². The van der Waals surface area contributed by atoms with E-state index in [9.17, 15) is 18.5 Å². The zero-order valence-corrected chi connectivity index (χ0v) is 16.7. The average Bonchev–Trinajstić information content (AvgIpc) is 3.37. The van der Waals surface area contributed by atoms with Gasteiger partial charge in [0.25, 0.3) is 5.69 Å². The van der Waals surface area contributed by atoms with Gasteiger partial charge in [0.15, 0.2) is 0 Å². The average molecular weight is 404 g/mol. The molecule has 26 heavy (non-hydrogen) atoms. The molecule has 1 aromatic rings. The molecular formula is C17H26ClN3O4S. The van der Waals surface area contributed by atoms with E-state index >= 15 is 0 Å². The van der Waals surface area contributed by atoms with E-state index in [-0.39, 0.29) is 23.0 Å². The van der Waals surface area contributed by atoms with Crippen molar-refractivity contribution in [2.24, 2.45) is 5.92 Å². The summed E-state index contributed by atoms with van der Waals surface area (Å²) in [6, 6.07) is 3.15. The number of aryl methyl sites for hydroxylation is 2. The summed E-state index contributed by atoms with van der Waals surface area (Å²) in [5, 5.41) is 14.7. The van der Waals surface area contributed by atoms with Gasteiger partial charge in [-0.25, -0.2) is 8.42 Å². The fourth-order valence-electron chi connectivity index (χ4n) is 3.39. The van der Waals surface area contributed by atoms with Crippen LogP contribution in [0.1, 0.15) is 36.8 Å². The number of piperidine rings is 1. The normalized spacial score (nSPS) is 19.2. The maximum Gasteiger partial charge on any atom is 0.273 e. The summed E-state index contributed by atoms with van der Waals surface area (Å²) in [7, 11) is -3.71. The van der Waals surface area contributed by atoms with Crippen LogP contribution in [-0.2, 0) is 10.0 Å². The molecule has 1 aliphatic heterocycles. The molecule has 1 N–H and O–H groups in total. The van der Waals surface area contributed by atoms with Crippen molar-refractivity contribution in [1.82, 2.24) is 9.62 Å². The van der Waals surface area contributed by atoms with E-state index in [0.29, 0.717) is 30.3 Å². The van der Waals surface area contributed by atoms with Crippen LogP contribution in [0.5, 0.6) is 0 Å². The molecule has 1 saturated carbocycles. The lowest BCUT2D eigenvalue weighted by Gasteiger charge is -2.32. The van der Waals surface area contributed by atoms with E-state index in [4.69, 9.17) is 0 Å². The van der Waals surface area contributed by atoms with Crippen molar-refractivity contribution >= 4 is 28.1 Å². The predicted octanol–water partition coefficient (Wildman–Crippen LogP) is 2.79. The zero-order chi connectivity index (χ0) is 18.2. The molecule has 0 amide bonds. The Balaban J connectivity index is 0.00000243. The molecule has 1 aromatic carbocycles. The summed E-state index contributed by atoms with van der Waals surface area (Å²) in [4.78, 5) is 10.7. The van der Waals surface area contributed by atoms with Gasteiger partial charge in [-0.05, 0) is 63.6 Å². The number of sulfonamides is 1. The smallest absolute Gasteiger partial charge is 0.273 e.